The zero-order valence-corrected chi connectivity index (χ0v) is 17.3. The topological polar surface area (TPSA) is 87.7 Å². The Hall–Kier alpha value is -2.83. The molecule has 2 N–H and O–H groups in total. The highest BCUT2D eigenvalue weighted by atomic mass is 16.5. The highest BCUT2D eigenvalue weighted by Crippen LogP contribution is 2.32. The Bertz CT molecular complexity index is 799. The van der Waals surface area contributed by atoms with Gasteiger partial charge in [0.2, 0.25) is 5.91 Å². The molecular weight excluding hydrogens is 358 g/mol. The molecule has 0 bridgehead atoms. The minimum Gasteiger partial charge on any atom is -0.459 e. The molecule has 0 saturated heterocycles. The fourth-order valence-corrected chi connectivity index (χ4v) is 3.04. The molecule has 1 heterocycles. The first-order valence-electron chi connectivity index (χ1n) is 9.56. The number of urea groups is 1. The predicted molar refractivity (Wildman–Crippen MR) is 107 cm³/mol. The lowest BCUT2D eigenvalue weighted by molar-refractivity contribution is -0.143. The maximum atomic E-state index is 12.8. The summed E-state index contributed by atoms with van der Waals surface area (Å²) in [5.74, 6) is -0.726. The van der Waals surface area contributed by atoms with E-state index in [0.717, 1.165) is 0 Å². The fraction of sp³-hybridized carbons (Fsp3) is 0.476. The summed E-state index contributed by atoms with van der Waals surface area (Å²) < 4.78 is 5.42. The third-order valence-electron chi connectivity index (χ3n) is 4.49. The first kappa shape index (κ1) is 21.5. The zero-order chi connectivity index (χ0) is 21.0. The summed E-state index contributed by atoms with van der Waals surface area (Å²) in [6.45, 7) is 11.2. The predicted octanol–water partition coefficient (Wildman–Crippen LogP) is 3.59. The molecular formula is C21H29N3O4. The second-order valence-electron chi connectivity index (χ2n) is 7.35. The van der Waals surface area contributed by atoms with Crippen molar-refractivity contribution < 1.29 is 19.1 Å². The van der Waals surface area contributed by atoms with Crippen LogP contribution < -0.4 is 10.6 Å². The summed E-state index contributed by atoms with van der Waals surface area (Å²) in [5, 5.41) is 5.73. The van der Waals surface area contributed by atoms with Crippen molar-refractivity contribution >= 4 is 23.6 Å². The van der Waals surface area contributed by atoms with Crippen molar-refractivity contribution in [2.24, 2.45) is 5.92 Å². The van der Waals surface area contributed by atoms with Crippen molar-refractivity contribution in [3.05, 3.63) is 41.1 Å². The first-order chi connectivity index (χ1) is 13.1. The number of carbonyl (C=O) groups is 3. The van der Waals surface area contributed by atoms with Gasteiger partial charge in [0.05, 0.1) is 17.7 Å². The first-order valence-corrected chi connectivity index (χ1v) is 9.56. The number of anilines is 1. The molecule has 1 atom stereocenters. The lowest BCUT2D eigenvalue weighted by Gasteiger charge is -2.35. The van der Waals surface area contributed by atoms with E-state index in [4.69, 9.17) is 4.74 Å². The number of amides is 3. The van der Waals surface area contributed by atoms with Crippen LogP contribution in [0.2, 0.25) is 0 Å². The molecule has 7 nitrogen and oxygen atoms in total. The molecule has 0 radical (unpaired) electrons. The van der Waals surface area contributed by atoms with E-state index in [1.165, 1.54) is 4.90 Å². The van der Waals surface area contributed by atoms with Gasteiger partial charge < -0.3 is 15.4 Å². The molecule has 0 fully saturated rings. The molecule has 1 aliphatic rings. The number of ether oxygens (including phenoxy) is 1. The van der Waals surface area contributed by atoms with Gasteiger partial charge in [-0.2, -0.15) is 0 Å². The maximum absolute atomic E-state index is 12.8. The number of allylic oxidation sites excluding steroid dienone is 1. The minimum absolute atomic E-state index is 0.104. The van der Waals surface area contributed by atoms with E-state index in [2.05, 4.69) is 10.6 Å². The van der Waals surface area contributed by atoms with E-state index in [1.54, 1.807) is 39.0 Å². The van der Waals surface area contributed by atoms with Gasteiger partial charge in [-0.3, -0.25) is 9.69 Å². The summed E-state index contributed by atoms with van der Waals surface area (Å²) in [4.78, 5) is 38.8. The highest BCUT2D eigenvalue weighted by molar-refractivity contribution is 5.95. The average Bonchev–Trinajstić information content (AvgIpc) is 2.60. The molecule has 0 aromatic heterocycles. The smallest absolute Gasteiger partial charge is 0.338 e. The van der Waals surface area contributed by atoms with Crippen LogP contribution >= 0.6 is 0 Å². The van der Waals surface area contributed by atoms with Crippen molar-refractivity contribution in [3.63, 3.8) is 0 Å². The molecule has 2 rings (SSSR count). The Kier molecular flexibility index (Phi) is 6.83. The zero-order valence-electron chi connectivity index (χ0n) is 17.3. The third kappa shape index (κ3) is 4.71. The van der Waals surface area contributed by atoms with Gasteiger partial charge in [0, 0.05) is 23.8 Å². The number of benzene rings is 1. The third-order valence-corrected chi connectivity index (χ3v) is 4.49. The van der Waals surface area contributed by atoms with Crippen LogP contribution in [0.4, 0.5) is 10.5 Å². The van der Waals surface area contributed by atoms with Gasteiger partial charge in [-0.05, 0) is 45.4 Å². The maximum Gasteiger partial charge on any atom is 0.338 e. The Morgan fingerprint density at radius 1 is 1.25 bits per heavy atom. The van der Waals surface area contributed by atoms with Gasteiger partial charge in [-0.15, -0.1) is 0 Å². The van der Waals surface area contributed by atoms with Crippen LogP contribution in [0.1, 0.15) is 53.1 Å². The molecule has 1 aromatic carbocycles. The van der Waals surface area contributed by atoms with Crippen LogP contribution in [-0.2, 0) is 14.3 Å². The molecule has 1 aliphatic heterocycles. The Morgan fingerprint density at radius 3 is 2.50 bits per heavy atom. The standard InChI is InChI=1S/C21H29N3O4/c1-7-24-14(6)17(20(26)28-13(4)5)18(23-21(24)27)15-9-8-10-16(11-15)22-19(25)12(2)3/h8-13,18H,7H2,1-6H3,(H,22,25)(H,23,27)/t18-/m1/s1. The lowest BCUT2D eigenvalue weighted by atomic mass is 9.94. The average molecular weight is 387 g/mol. The molecule has 0 spiro atoms. The van der Waals surface area contributed by atoms with Gasteiger partial charge in [0.15, 0.2) is 0 Å². The quantitative estimate of drug-likeness (QED) is 0.730. The van der Waals surface area contributed by atoms with Crippen molar-refractivity contribution in [3.8, 4) is 0 Å². The van der Waals surface area contributed by atoms with E-state index in [0.29, 0.717) is 29.1 Å². The molecule has 0 aliphatic carbocycles. The number of hydrogen-bond donors (Lipinski definition) is 2. The van der Waals surface area contributed by atoms with Crippen LogP contribution in [0.5, 0.6) is 0 Å². The van der Waals surface area contributed by atoms with E-state index in [1.807, 2.05) is 26.8 Å². The second-order valence-corrected chi connectivity index (χ2v) is 7.35. The van der Waals surface area contributed by atoms with Crippen molar-refractivity contribution in [2.75, 3.05) is 11.9 Å². The van der Waals surface area contributed by atoms with Crippen LogP contribution in [0.3, 0.4) is 0 Å². The van der Waals surface area contributed by atoms with Crippen molar-refractivity contribution in [2.45, 2.75) is 53.7 Å². The fourth-order valence-electron chi connectivity index (χ4n) is 3.04. The van der Waals surface area contributed by atoms with Crippen LogP contribution in [0, 0.1) is 5.92 Å². The van der Waals surface area contributed by atoms with E-state index >= 15 is 0 Å². The molecule has 28 heavy (non-hydrogen) atoms. The van der Waals surface area contributed by atoms with Crippen LogP contribution in [0.25, 0.3) is 0 Å². The van der Waals surface area contributed by atoms with Gasteiger partial charge in [0.1, 0.15) is 0 Å². The van der Waals surface area contributed by atoms with Gasteiger partial charge in [0.25, 0.3) is 0 Å². The highest BCUT2D eigenvalue weighted by Gasteiger charge is 2.36. The lowest BCUT2D eigenvalue weighted by Crippen LogP contribution is -2.48. The molecule has 0 unspecified atom stereocenters. The normalized spacial score (nSPS) is 17.1. The summed E-state index contributed by atoms with van der Waals surface area (Å²) in [6.07, 6.45) is -0.280. The second kappa shape index (κ2) is 8.91. The molecule has 0 saturated carbocycles. The monoisotopic (exact) mass is 387 g/mol. The SMILES string of the molecule is CCN1C(=O)N[C@H](c2cccc(NC(=O)C(C)C)c2)C(C(=O)OC(C)C)=C1C. The Morgan fingerprint density at radius 2 is 1.93 bits per heavy atom. The number of nitrogens with zero attached hydrogens (tertiary/aromatic N) is 1. The van der Waals surface area contributed by atoms with Gasteiger partial charge >= 0.3 is 12.0 Å². The van der Waals surface area contributed by atoms with Crippen LogP contribution in [-0.4, -0.2) is 35.5 Å². The van der Waals surface area contributed by atoms with Crippen molar-refractivity contribution in [1.29, 1.82) is 0 Å². The molecule has 1 aromatic rings. The number of carbonyl (C=O) groups excluding carboxylic acids is 3. The largest absolute Gasteiger partial charge is 0.459 e. The van der Waals surface area contributed by atoms with Crippen molar-refractivity contribution in [1.82, 2.24) is 10.2 Å². The summed E-state index contributed by atoms with van der Waals surface area (Å²) >= 11 is 0. The number of hydrogen-bond acceptors (Lipinski definition) is 4. The number of rotatable bonds is 6. The molecule has 7 heteroatoms. The summed E-state index contributed by atoms with van der Waals surface area (Å²) in [5.41, 5.74) is 2.26. The molecule has 152 valence electrons. The Labute approximate surface area is 166 Å². The van der Waals surface area contributed by atoms with Gasteiger partial charge in [-0.25, -0.2) is 9.59 Å². The van der Waals surface area contributed by atoms with E-state index in [9.17, 15) is 14.4 Å². The van der Waals surface area contributed by atoms with E-state index < -0.39 is 12.0 Å². The van der Waals surface area contributed by atoms with E-state index in [-0.39, 0.29) is 24.0 Å². The number of nitrogens with one attached hydrogen (secondary N) is 2. The summed E-state index contributed by atoms with van der Waals surface area (Å²) in [6, 6.07) is 6.20. The van der Waals surface area contributed by atoms with Crippen LogP contribution in [0.15, 0.2) is 35.5 Å². The molecule has 3 amide bonds. The minimum atomic E-state index is -0.655. The van der Waals surface area contributed by atoms with Gasteiger partial charge in [-0.1, -0.05) is 26.0 Å². The Balaban J connectivity index is 2.46. The summed E-state index contributed by atoms with van der Waals surface area (Å²) in [7, 11) is 0. The number of esters is 1.